The van der Waals surface area contributed by atoms with E-state index in [1.807, 2.05) is 4.98 Å². The van der Waals surface area contributed by atoms with Crippen LogP contribution in [0.1, 0.15) is 45.9 Å². The van der Waals surface area contributed by atoms with E-state index in [1.165, 1.54) is 6.92 Å². The molecule has 1 aromatic heterocycles. The Morgan fingerprint density at radius 2 is 1.82 bits per heavy atom. The van der Waals surface area contributed by atoms with Crippen LogP contribution in [0.25, 0.3) is 0 Å². The molecule has 0 radical (unpaired) electrons. The van der Waals surface area contributed by atoms with Gasteiger partial charge in [-0.25, -0.2) is 9.59 Å². The molecule has 0 bridgehead atoms. The second-order valence-electron chi connectivity index (χ2n) is 7.95. The minimum atomic E-state index is -5.24. The number of ether oxygens (including phenoxy) is 4. The number of aromatic amines is 1. The molecule has 0 amide bonds. The van der Waals surface area contributed by atoms with Gasteiger partial charge in [-0.15, -0.1) is 0 Å². The molecule has 1 aliphatic rings. The standard InChI is InChI=1S/C19H23F3N2O9/c1-9-7-24(16(29)23-14(9)27)13-6-12(31-10(2)25)18(33-13,19(20,21)22)8-30-15(28)17(4,5)32-11(3)26/h7,12-13H,6,8H2,1-5H3,(H,23,27,29)/t12-,13+,18+/m0/s1. The van der Waals surface area contributed by atoms with Crippen LogP contribution in [0.15, 0.2) is 15.8 Å². The quantitative estimate of drug-likeness (QED) is 0.464. The highest BCUT2D eigenvalue weighted by molar-refractivity contribution is 5.82. The Labute approximate surface area is 184 Å². The number of nitrogens with zero attached hydrogens (tertiary/aromatic N) is 1. The molecule has 0 saturated carbocycles. The zero-order valence-electron chi connectivity index (χ0n) is 18.4. The summed E-state index contributed by atoms with van der Waals surface area (Å²) in [4.78, 5) is 60.7. The smallest absolute Gasteiger partial charge is 0.424 e. The molecule has 1 saturated heterocycles. The molecule has 1 aliphatic heterocycles. The van der Waals surface area contributed by atoms with Gasteiger partial charge >= 0.3 is 29.8 Å². The lowest BCUT2D eigenvalue weighted by Gasteiger charge is -2.35. The summed E-state index contributed by atoms with van der Waals surface area (Å²) in [5.41, 5.74) is -7.05. The lowest BCUT2D eigenvalue weighted by molar-refractivity contribution is -0.309. The fraction of sp³-hybridized carbons (Fsp3) is 0.632. The van der Waals surface area contributed by atoms with Crippen LogP contribution in [0.3, 0.4) is 0 Å². The minimum Gasteiger partial charge on any atom is -0.459 e. The normalized spacial score (nSPS) is 23.2. The number of alkyl halides is 3. The highest BCUT2D eigenvalue weighted by Crippen LogP contribution is 2.48. The predicted molar refractivity (Wildman–Crippen MR) is 102 cm³/mol. The number of hydrogen-bond acceptors (Lipinski definition) is 9. The number of carbonyl (C=O) groups is 3. The van der Waals surface area contributed by atoms with E-state index < -0.39 is 71.9 Å². The first-order chi connectivity index (χ1) is 15.0. The first-order valence-corrected chi connectivity index (χ1v) is 9.61. The fourth-order valence-corrected chi connectivity index (χ4v) is 3.26. The van der Waals surface area contributed by atoms with Gasteiger partial charge in [0.05, 0.1) is 0 Å². The number of halogens is 3. The van der Waals surface area contributed by atoms with Crippen molar-refractivity contribution in [1.82, 2.24) is 9.55 Å². The van der Waals surface area contributed by atoms with E-state index in [0.29, 0.717) is 4.57 Å². The van der Waals surface area contributed by atoms with Gasteiger partial charge in [0.1, 0.15) is 18.9 Å². The summed E-state index contributed by atoms with van der Waals surface area (Å²) in [6.45, 7) is 3.95. The molecule has 3 atom stereocenters. The summed E-state index contributed by atoms with van der Waals surface area (Å²) in [5, 5.41) is 0. The summed E-state index contributed by atoms with van der Waals surface area (Å²) in [6.07, 6.45) is -8.52. The molecule has 0 aromatic carbocycles. The molecule has 1 N–H and O–H groups in total. The van der Waals surface area contributed by atoms with E-state index in [4.69, 9.17) is 18.9 Å². The molecule has 184 valence electrons. The van der Waals surface area contributed by atoms with Gasteiger partial charge in [-0.3, -0.25) is 23.9 Å². The Morgan fingerprint density at radius 1 is 1.21 bits per heavy atom. The average molecular weight is 480 g/mol. The van der Waals surface area contributed by atoms with Gasteiger partial charge in [-0.2, -0.15) is 13.2 Å². The van der Waals surface area contributed by atoms with E-state index in [1.54, 1.807) is 0 Å². The minimum absolute atomic E-state index is 0.0151. The van der Waals surface area contributed by atoms with E-state index in [-0.39, 0.29) is 5.56 Å². The summed E-state index contributed by atoms with van der Waals surface area (Å²) in [7, 11) is 0. The number of aromatic nitrogens is 2. The van der Waals surface area contributed by atoms with Crippen LogP contribution in [-0.4, -0.2) is 57.5 Å². The van der Waals surface area contributed by atoms with Gasteiger partial charge in [-0.1, -0.05) is 0 Å². The van der Waals surface area contributed by atoms with Crippen LogP contribution in [-0.2, 0) is 33.3 Å². The van der Waals surface area contributed by atoms with Crippen LogP contribution >= 0.6 is 0 Å². The number of hydrogen-bond donors (Lipinski definition) is 1. The van der Waals surface area contributed by atoms with Gasteiger partial charge < -0.3 is 18.9 Å². The van der Waals surface area contributed by atoms with E-state index in [0.717, 1.165) is 33.9 Å². The van der Waals surface area contributed by atoms with Gasteiger partial charge in [0.15, 0.2) is 0 Å². The molecule has 2 rings (SSSR count). The summed E-state index contributed by atoms with van der Waals surface area (Å²) >= 11 is 0. The third-order valence-electron chi connectivity index (χ3n) is 4.83. The molecule has 14 heteroatoms. The third-order valence-corrected chi connectivity index (χ3v) is 4.83. The van der Waals surface area contributed by atoms with Crippen molar-refractivity contribution in [2.24, 2.45) is 0 Å². The van der Waals surface area contributed by atoms with Gasteiger partial charge in [0.2, 0.25) is 11.2 Å². The largest absolute Gasteiger partial charge is 0.459 e. The molecule has 0 unspecified atom stereocenters. The summed E-state index contributed by atoms with van der Waals surface area (Å²) in [6, 6.07) is 0. The van der Waals surface area contributed by atoms with Crippen molar-refractivity contribution in [3.05, 3.63) is 32.6 Å². The Morgan fingerprint density at radius 3 is 2.33 bits per heavy atom. The maximum absolute atomic E-state index is 14.3. The predicted octanol–water partition coefficient (Wildman–Crippen LogP) is 0.882. The first kappa shape index (κ1) is 26.1. The van der Waals surface area contributed by atoms with Crippen molar-refractivity contribution in [3.63, 3.8) is 0 Å². The maximum Gasteiger partial charge on any atom is 0.424 e. The highest BCUT2D eigenvalue weighted by atomic mass is 19.4. The zero-order chi connectivity index (χ0) is 25.4. The number of nitrogens with one attached hydrogen (secondary N) is 1. The van der Waals surface area contributed by atoms with Gasteiger partial charge in [-0.05, 0) is 20.8 Å². The highest BCUT2D eigenvalue weighted by Gasteiger charge is 2.68. The van der Waals surface area contributed by atoms with Crippen LogP contribution in [0.2, 0.25) is 0 Å². The monoisotopic (exact) mass is 480 g/mol. The number of esters is 3. The van der Waals surface area contributed by atoms with Crippen molar-refractivity contribution in [1.29, 1.82) is 0 Å². The number of H-pyrrole nitrogens is 1. The van der Waals surface area contributed by atoms with Crippen molar-refractivity contribution in [3.8, 4) is 0 Å². The SMILES string of the molecule is CC(=O)O[C@H]1C[C@H](n2cc(C)c(=O)[nH]c2=O)O[C@@]1(COC(=O)C(C)(C)OC(C)=O)C(F)(F)F. The van der Waals surface area contributed by atoms with Gasteiger partial charge in [0, 0.05) is 32.0 Å². The second kappa shape index (κ2) is 9.00. The van der Waals surface area contributed by atoms with Crippen LogP contribution in [0, 0.1) is 6.92 Å². The number of rotatable bonds is 6. The Bertz CT molecular complexity index is 1060. The number of carbonyl (C=O) groups excluding carboxylic acids is 3. The van der Waals surface area contributed by atoms with Crippen LogP contribution < -0.4 is 11.2 Å². The molecular weight excluding hydrogens is 457 g/mol. The molecule has 0 spiro atoms. The lowest BCUT2D eigenvalue weighted by atomic mass is 9.96. The Hall–Kier alpha value is -3.16. The summed E-state index contributed by atoms with van der Waals surface area (Å²) < 4.78 is 63.1. The molecule has 11 nitrogen and oxygen atoms in total. The van der Waals surface area contributed by atoms with Crippen molar-refractivity contribution < 1.29 is 46.5 Å². The first-order valence-electron chi connectivity index (χ1n) is 9.61. The molecule has 0 aliphatic carbocycles. The van der Waals surface area contributed by atoms with Crippen LogP contribution in [0.4, 0.5) is 13.2 Å². The van der Waals surface area contributed by atoms with Gasteiger partial charge in [0.25, 0.3) is 5.56 Å². The van der Waals surface area contributed by atoms with Crippen LogP contribution in [0.5, 0.6) is 0 Å². The fourth-order valence-electron chi connectivity index (χ4n) is 3.26. The van der Waals surface area contributed by atoms with E-state index in [2.05, 4.69) is 0 Å². The third kappa shape index (κ3) is 5.43. The summed E-state index contributed by atoms with van der Waals surface area (Å²) in [5.74, 6) is -3.26. The average Bonchev–Trinajstić information content (AvgIpc) is 3.00. The Kier molecular flexibility index (Phi) is 7.12. The van der Waals surface area contributed by atoms with Crippen molar-refractivity contribution >= 4 is 17.9 Å². The molecular formula is C19H23F3N2O9. The molecule has 33 heavy (non-hydrogen) atoms. The zero-order valence-corrected chi connectivity index (χ0v) is 18.4. The molecule has 1 aromatic rings. The maximum atomic E-state index is 14.3. The number of aryl methyl sites for hydroxylation is 1. The second-order valence-corrected chi connectivity index (χ2v) is 7.95. The van der Waals surface area contributed by atoms with Crippen molar-refractivity contribution in [2.45, 2.75) is 70.7 Å². The molecule has 2 heterocycles. The molecule has 1 fully saturated rings. The topological polar surface area (TPSA) is 143 Å². The lowest BCUT2D eigenvalue weighted by Crippen LogP contribution is -2.58. The Balaban J connectivity index is 2.47. The van der Waals surface area contributed by atoms with E-state index >= 15 is 0 Å². The van der Waals surface area contributed by atoms with Crippen molar-refractivity contribution in [2.75, 3.05) is 6.61 Å². The van der Waals surface area contributed by atoms with E-state index in [9.17, 15) is 37.1 Å².